The SMILES string of the molecule is CCCC(CC)NC(=O)c1cccc(Cl)c1[N+](=O)[O-]. The molecule has 1 N–H and O–H groups in total. The van der Waals surface area contributed by atoms with Crippen molar-refractivity contribution in [1.29, 1.82) is 0 Å². The van der Waals surface area contributed by atoms with Crippen molar-refractivity contribution < 1.29 is 9.72 Å². The molecule has 1 unspecified atom stereocenters. The second-order valence-electron chi connectivity index (χ2n) is 4.26. The first-order valence-corrected chi connectivity index (χ1v) is 6.62. The zero-order valence-corrected chi connectivity index (χ0v) is 11.7. The summed E-state index contributed by atoms with van der Waals surface area (Å²) in [4.78, 5) is 22.4. The van der Waals surface area contributed by atoms with Crippen molar-refractivity contribution in [2.45, 2.75) is 39.2 Å². The summed E-state index contributed by atoms with van der Waals surface area (Å²) >= 11 is 5.78. The van der Waals surface area contributed by atoms with E-state index in [1.54, 1.807) is 0 Å². The van der Waals surface area contributed by atoms with Gasteiger partial charge in [-0.3, -0.25) is 14.9 Å². The molecular weight excluding hydrogens is 268 g/mol. The molecule has 0 saturated carbocycles. The number of halogens is 1. The van der Waals surface area contributed by atoms with Gasteiger partial charge in [0, 0.05) is 6.04 Å². The maximum Gasteiger partial charge on any atom is 0.300 e. The Balaban J connectivity index is 3.00. The van der Waals surface area contributed by atoms with Crippen LogP contribution in [-0.4, -0.2) is 16.9 Å². The number of benzene rings is 1. The fourth-order valence-corrected chi connectivity index (χ4v) is 2.12. The van der Waals surface area contributed by atoms with Crippen LogP contribution in [-0.2, 0) is 0 Å². The van der Waals surface area contributed by atoms with Crippen molar-refractivity contribution in [2.75, 3.05) is 0 Å². The third kappa shape index (κ3) is 3.92. The Morgan fingerprint density at radius 3 is 2.68 bits per heavy atom. The van der Waals surface area contributed by atoms with Gasteiger partial charge in [0.1, 0.15) is 10.6 Å². The van der Waals surface area contributed by atoms with E-state index in [1.807, 2.05) is 13.8 Å². The molecule has 0 aliphatic heterocycles. The number of para-hydroxylation sites is 1. The van der Waals surface area contributed by atoms with Gasteiger partial charge < -0.3 is 5.32 Å². The molecule has 1 aromatic rings. The van der Waals surface area contributed by atoms with Gasteiger partial charge in [-0.2, -0.15) is 0 Å². The van der Waals surface area contributed by atoms with Gasteiger partial charge in [-0.1, -0.05) is 37.9 Å². The second-order valence-corrected chi connectivity index (χ2v) is 4.67. The van der Waals surface area contributed by atoms with Crippen LogP contribution in [0.1, 0.15) is 43.5 Å². The number of nitro benzene ring substituents is 1. The molecule has 1 aromatic carbocycles. The number of carbonyl (C=O) groups is 1. The van der Waals surface area contributed by atoms with Crippen LogP contribution < -0.4 is 5.32 Å². The van der Waals surface area contributed by atoms with E-state index < -0.39 is 10.8 Å². The summed E-state index contributed by atoms with van der Waals surface area (Å²) in [5.41, 5.74) is -0.333. The van der Waals surface area contributed by atoms with E-state index in [0.29, 0.717) is 0 Å². The number of nitrogens with one attached hydrogen (secondary N) is 1. The van der Waals surface area contributed by atoms with Gasteiger partial charge in [-0.05, 0) is 25.0 Å². The first kappa shape index (κ1) is 15.4. The van der Waals surface area contributed by atoms with Crippen LogP contribution in [0.3, 0.4) is 0 Å². The predicted molar refractivity (Wildman–Crippen MR) is 74.6 cm³/mol. The molecule has 0 spiro atoms. The maximum absolute atomic E-state index is 12.1. The molecule has 0 aliphatic carbocycles. The fourth-order valence-electron chi connectivity index (χ4n) is 1.87. The number of hydrogen-bond acceptors (Lipinski definition) is 3. The van der Waals surface area contributed by atoms with Crippen molar-refractivity contribution in [2.24, 2.45) is 0 Å². The number of nitro groups is 1. The number of carbonyl (C=O) groups excluding carboxylic acids is 1. The van der Waals surface area contributed by atoms with E-state index in [0.717, 1.165) is 19.3 Å². The molecular formula is C13H17ClN2O3. The average Bonchev–Trinajstić information content (AvgIpc) is 2.37. The maximum atomic E-state index is 12.1. The highest BCUT2D eigenvalue weighted by Crippen LogP contribution is 2.28. The Hall–Kier alpha value is -1.62. The zero-order valence-electron chi connectivity index (χ0n) is 11.0. The minimum absolute atomic E-state index is 0.00653. The topological polar surface area (TPSA) is 72.2 Å². The van der Waals surface area contributed by atoms with Gasteiger partial charge in [0.25, 0.3) is 5.91 Å². The van der Waals surface area contributed by atoms with Crippen molar-refractivity contribution >= 4 is 23.2 Å². The Morgan fingerprint density at radius 1 is 1.47 bits per heavy atom. The third-order valence-corrected chi connectivity index (χ3v) is 3.18. The molecule has 0 radical (unpaired) electrons. The Bertz CT molecular complexity index is 477. The highest BCUT2D eigenvalue weighted by atomic mass is 35.5. The summed E-state index contributed by atoms with van der Waals surface area (Å²) in [6, 6.07) is 4.37. The van der Waals surface area contributed by atoms with E-state index in [9.17, 15) is 14.9 Å². The Kier molecular flexibility index (Phi) is 5.76. The molecule has 0 aromatic heterocycles. The molecule has 6 heteroatoms. The van der Waals surface area contributed by atoms with Crippen LogP contribution in [0.4, 0.5) is 5.69 Å². The van der Waals surface area contributed by atoms with Crippen LogP contribution in [0.25, 0.3) is 0 Å². The van der Waals surface area contributed by atoms with Crippen LogP contribution in [0.2, 0.25) is 5.02 Å². The second kappa shape index (κ2) is 7.09. The molecule has 0 fully saturated rings. The van der Waals surface area contributed by atoms with Crippen molar-refractivity contribution in [3.8, 4) is 0 Å². The highest BCUT2D eigenvalue weighted by molar-refractivity contribution is 6.33. The summed E-state index contributed by atoms with van der Waals surface area (Å²) in [6.07, 6.45) is 2.57. The standard InChI is InChI=1S/C13H17ClN2O3/c1-3-6-9(4-2)15-13(17)10-7-5-8-11(14)12(10)16(18)19/h5,7-9H,3-4,6H2,1-2H3,(H,15,17). The van der Waals surface area contributed by atoms with E-state index in [4.69, 9.17) is 11.6 Å². The Labute approximate surface area is 117 Å². The summed E-state index contributed by atoms with van der Waals surface area (Å²) in [5.74, 6) is -0.450. The first-order chi connectivity index (χ1) is 9.01. The molecule has 1 rings (SSSR count). The number of nitrogens with zero attached hydrogens (tertiary/aromatic N) is 1. The molecule has 19 heavy (non-hydrogen) atoms. The van der Waals surface area contributed by atoms with Crippen LogP contribution in [0.15, 0.2) is 18.2 Å². The first-order valence-electron chi connectivity index (χ1n) is 6.25. The smallest absolute Gasteiger partial charge is 0.300 e. The van der Waals surface area contributed by atoms with E-state index in [1.165, 1.54) is 18.2 Å². The van der Waals surface area contributed by atoms with Crippen LogP contribution >= 0.6 is 11.6 Å². The lowest BCUT2D eigenvalue weighted by molar-refractivity contribution is -0.385. The van der Waals surface area contributed by atoms with Gasteiger partial charge in [0.2, 0.25) is 0 Å². The largest absolute Gasteiger partial charge is 0.349 e. The molecule has 1 atom stereocenters. The summed E-state index contributed by atoms with van der Waals surface area (Å²) < 4.78 is 0. The summed E-state index contributed by atoms with van der Waals surface area (Å²) in [6.45, 7) is 3.99. The monoisotopic (exact) mass is 284 g/mol. The van der Waals surface area contributed by atoms with Gasteiger partial charge >= 0.3 is 5.69 Å². The fraction of sp³-hybridized carbons (Fsp3) is 0.462. The van der Waals surface area contributed by atoms with Gasteiger partial charge in [-0.25, -0.2) is 0 Å². The zero-order chi connectivity index (χ0) is 14.4. The predicted octanol–water partition coefficient (Wildman–Crippen LogP) is 3.56. The van der Waals surface area contributed by atoms with Crippen LogP contribution in [0.5, 0.6) is 0 Å². The number of hydrogen-bond donors (Lipinski definition) is 1. The van der Waals surface area contributed by atoms with Crippen molar-refractivity contribution in [3.63, 3.8) is 0 Å². The normalized spacial score (nSPS) is 11.9. The molecule has 0 saturated heterocycles. The number of rotatable bonds is 6. The lowest BCUT2D eigenvalue weighted by Gasteiger charge is -2.16. The summed E-state index contributed by atoms with van der Waals surface area (Å²) in [7, 11) is 0. The van der Waals surface area contributed by atoms with Crippen molar-refractivity contribution in [3.05, 3.63) is 38.9 Å². The van der Waals surface area contributed by atoms with Gasteiger partial charge in [0.15, 0.2) is 0 Å². The van der Waals surface area contributed by atoms with E-state index in [-0.39, 0.29) is 22.3 Å². The van der Waals surface area contributed by atoms with Crippen LogP contribution in [0, 0.1) is 10.1 Å². The molecule has 0 heterocycles. The molecule has 104 valence electrons. The average molecular weight is 285 g/mol. The van der Waals surface area contributed by atoms with Crippen molar-refractivity contribution in [1.82, 2.24) is 5.32 Å². The van der Waals surface area contributed by atoms with E-state index in [2.05, 4.69) is 5.32 Å². The number of amides is 1. The molecule has 5 nitrogen and oxygen atoms in total. The lowest BCUT2D eigenvalue weighted by Crippen LogP contribution is -2.34. The minimum atomic E-state index is -0.627. The molecule has 0 aliphatic rings. The minimum Gasteiger partial charge on any atom is -0.349 e. The van der Waals surface area contributed by atoms with Gasteiger partial charge in [-0.15, -0.1) is 0 Å². The van der Waals surface area contributed by atoms with E-state index >= 15 is 0 Å². The third-order valence-electron chi connectivity index (χ3n) is 2.88. The quantitative estimate of drug-likeness (QED) is 0.641. The highest BCUT2D eigenvalue weighted by Gasteiger charge is 2.24. The lowest BCUT2D eigenvalue weighted by atomic mass is 10.1. The summed E-state index contributed by atoms with van der Waals surface area (Å²) in [5, 5.41) is 13.7. The molecule has 1 amide bonds. The Morgan fingerprint density at radius 2 is 2.16 bits per heavy atom. The molecule has 0 bridgehead atoms. The van der Waals surface area contributed by atoms with Gasteiger partial charge in [0.05, 0.1) is 4.92 Å².